The van der Waals surface area contributed by atoms with Gasteiger partial charge >= 0.3 is 5.97 Å². The topological polar surface area (TPSA) is 131 Å². The van der Waals surface area contributed by atoms with Crippen molar-refractivity contribution in [1.82, 2.24) is 9.55 Å². The number of pyridine rings is 2. The summed E-state index contributed by atoms with van der Waals surface area (Å²) in [5, 5.41) is 11.1. The number of hydrogen-bond donors (Lipinski definition) is 3. The van der Waals surface area contributed by atoms with Crippen LogP contribution in [0.5, 0.6) is 0 Å². The van der Waals surface area contributed by atoms with E-state index in [1.807, 2.05) is 6.92 Å². The highest BCUT2D eigenvalue weighted by Gasteiger charge is 2.30. The molecule has 0 spiro atoms. The van der Waals surface area contributed by atoms with Crippen LogP contribution in [-0.4, -0.2) is 46.2 Å². The Balaban J connectivity index is 2.05. The Morgan fingerprint density at radius 3 is 2.55 bits per heavy atom. The zero-order chi connectivity index (χ0) is 24.0. The van der Waals surface area contributed by atoms with Crippen molar-refractivity contribution in [1.29, 1.82) is 0 Å². The summed E-state index contributed by atoms with van der Waals surface area (Å²) in [5.74, 6) is -4.83. The number of fused-ring (bicyclic) bond motifs is 1. The fourth-order valence-corrected chi connectivity index (χ4v) is 3.83. The van der Waals surface area contributed by atoms with Gasteiger partial charge in [-0.2, -0.15) is 0 Å². The lowest BCUT2D eigenvalue weighted by molar-refractivity contribution is -0.105. The van der Waals surface area contributed by atoms with Crippen LogP contribution in [-0.2, 0) is 4.79 Å². The number of anilines is 2. The van der Waals surface area contributed by atoms with Crippen LogP contribution >= 0.6 is 0 Å². The van der Waals surface area contributed by atoms with Crippen molar-refractivity contribution in [3.05, 3.63) is 57.6 Å². The molecule has 4 rings (SSSR count). The second-order valence-electron chi connectivity index (χ2n) is 7.80. The second-order valence-corrected chi connectivity index (χ2v) is 7.80. The minimum Gasteiger partial charge on any atom is -0.477 e. The minimum absolute atomic E-state index is 0.0324. The van der Waals surface area contributed by atoms with Crippen LogP contribution in [0.3, 0.4) is 0 Å². The maximum absolute atomic E-state index is 15.0. The van der Waals surface area contributed by atoms with Crippen molar-refractivity contribution in [2.24, 2.45) is 11.7 Å². The van der Waals surface area contributed by atoms with E-state index in [-0.39, 0.29) is 36.4 Å². The summed E-state index contributed by atoms with van der Waals surface area (Å²) >= 11 is 0. The number of nitrogens with one attached hydrogen (secondary N) is 1. The van der Waals surface area contributed by atoms with Gasteiger partial charge in [-0.05, 0) is 18.1 Å². The van der Waals surface area contributed by atoms with Gasteiger partial charge in [-0.3, -0.25) is 14.2 Å². The van der Waals surface area contributed by atoms with E-state index in [0.717, 1.165) is 22.9 Å². The molecular weight excluding hydrogens is 443 g/mol. The van der Waals surface area contributed by atoms with Gasteiger partial charge in [-0.25, -0.2) is 22.9 Å². The molecule has 1 aliphatic heterocycles. The van der Waals surface area contributed by atoms with E-state index in [1.54, 1.807) is 4.90 Å². The summed E-state index contributed by atoms with van der Waals surface area (Å²) in [6.07, 6.45) is 0.997. The summed E-state index contributed by atoms with van der Waals surface area (Å²) in [6, 6.07) is 1.98. The number of aromatic carboxylic acids is 1. The lowest BCUT2D eigenvalue weighted by atomic mass is 10.1. The van der Waals surface area contributed by atoms with Crippen LogP contribution in [0.2, 0.25) is 0 Å². The van der Waals surface area contributed by atoms with Gasteiger partial charge in [0.2, 0.25) is 11.8 Å². The Bertz CT molecular complexity index is 1350. The summed E-state index contributed by atoms with van der Waals surface area (Å²) in [6.45, 7) is 2.55. The molecule has 1 amide bonds. The number of amides is 1. The maximum atomic E-state index is 15.0. The first-order chi connectivity index (χ1) is 15.6. The molecule has 2 atom stereocenters. The number of rotatable bonds is 5. The van der Waals surface area contributed by atoms with Gasteiger partial charge in [0.05, 0.1) is 16.8 Å². The third-order valence-corrected chi connectivity index (χ3v) is 5.62. The zero-order valence-corrected chi connectivity index (χ0v) is 17.2. The van der Waals surface area contributed by atoms with E-state index in [4.69, 9.17) is 5.73 Å². The summed E-state index contributed by atoms with van der Waals surface area (Å²) in [4.78, 5) is 40.9. The molecule has 0 unspecified atom stereocenters. The number of hydrogen-bond acceptors (Lipinski definition) is 6. The predicted octanol–water partition coefficient (Wildman–Crippen LogP) is 1.85. The predicted molar refractivity (Wildman–Crippen MR) is 113 cm³/mol. The highest BCUT2D eigenvalue weighted by atomic mass is 19.1. The first-order valence-electron chi connectivity index (χ1n) is 9.81. The van der Waals surface area contributed by atoms with Crippen molar-refractivity contribution < 1.29 is 27.9 Å². The number of benzene rings is 1. The average molecular weight is 461 g/mol. The third kappa shape index (κ3) is 3.78. The van der Waals surface area contributed by atoms with Gasteiger partial charge < -0.3 is 21.1 Å². The monoisotopic (exact) mass is 461 g/mol. The van der Waals surface area contributed by atoms with Gasteiger partial charge in [-0.1, -0.05) is 6.92 Å². The molecule has 1 aromatic carbocycles. The first-order valence-corrected chi connectivity index (χ1v) is 9.81. The molecule has 1 saturated heterocycles. The smallest absolute Gasteiger partial charge is 0.341 e. The summed E-state index contributed by atoms with van der Waals surface area (Å²) in [5.41, 5.74) is 3.15. The van der Waals surface area contributed by atoms with Crippen LogP contribution in [0.25, 0.3) is 16.7 Å². The van der Waals surface area contributed by atoms with Crippen molar-refractivity contribution in [3.8, 4) is 5.69 Å². The van der Waals surface area contributed by atoms with E-state index in [2.05, 4.69) is 10.3 Å². The molecule has 3 aromatic rings. The lowest BCUT2D eigenvalue weighted by Crippen LogP contribution is -2.29. The van der Waals surface area contributed by atoms with Crippen LogP contribution in [0.4, 0.5) is 24.7 Å². The van der Waals surface area contributed by atoms with Crippen molar-refractivity contribution in [2.75, 3.05) is 23.3 Å². The van der Waals surface area contributed by atoms with Crippen LogP contribution in [0, 0.1) is 23.4 Å². The molecule has 1 aliphatic rings. The van der Waals surface area contributed by atoms with E-state index < -0.39 is 51.2 Å². The molecule has 12 heteroatoms. The number of nitrogens with zero attached hydrogens (tertiary/aromatic N) is 3. The van der Waals surface area contributed by atoms with Gasteiger partial charge in [0, 0.05) is 31.4 Å². The quantitative estimate of drug-likeness (QED) is 0.495. The largest absolute Gasteiger partial charge is 0.477 e. The number of carboxylic acid groups (broad SMARTS) is 1. The van der Waals surface area contributed by atoms with Crippen LogP contribution < -0.4 is 21.4 Å². The summed E-state index contributed by atoms with van der Waals surface area (Å²) in [7, 11) is 0. The fourth-order valence-electron chi connectivity index (χ4n) is 3.83. The molecule has 1 fully saturated rings. The number of carboxylic acids is 1. The normalized spacial score (nSPS) is 18.0. The van der Waals surface area contributed by atoms with Crippen molar-refractivity contribution in [2.45, 2.75) is 13.0 Å². The molecule has 2 aromatic heterocycles. The molecular formula is C21H18F3N5O4. The Morgan fingerprint density at radius 2 is 1.94 bits per heavy atom. The van der Waals surface area contributed by atoms with Crippen LogP contribution in [0.15, 0.2) is 29.2 Å². The standard InChI is InChI=1S/C21H18F3N5O4/c1-9-5-28(7-15(9)25)20-14(24)2-10-18(31)11(21(32)33)6-29(19(10)27-20)17-4-16(26-8-30)12(22)3-13(17)23/h2-4,6,8-9,15H,5,7,25H2,1H3,(H,26,30)(H,32,33)/t9-,15+/m0/s1. The number of aromatic nitrogens is 2. The fraction of sp³-hybridized carbons (Fsp3) is 0.238. The Morgan fingerprint density at radius 1 is 1.21 bits per heavy atom. The van der Waals surface area contributed by atoms with Crippen molar-refractivity contribution in [3.63, 3.8) is 0 Å². The molecule has 3 heterocycles. The average Bonchev–Trinajstić information content (AvgIpc) is 3.08. The molecule has 9 nitrogen and oxygen atoms in total. The Hall–Kier alpha value is -3.93. The molecule has 33 heavy (non-hydrogen) atoms. The second kappa shape index (κ2) is 8.20. The number of halogens is 3. The van der Waals surface area contributed by atoms with E-state index in [9.17, 15) is 32.7 Å². The van der Waals surface area contributed by atoms with Gasteiger partial charge in [0.15, 0.2) is 17.3 Å². The molecule has 4 N–H and O–H groups in total. The highest BCUT2D eigenvalue weighted by Crippen LogP contribution is 2.29. The molecule has 0 saturated carbocycles. The van der Waals surface area contributed by atoms with Crippen molar-refractivity contribution >= 4 is 34.9 Å². The zero-order valence-electron chi connectivity index (χ0n) is 17.2. The van der Waals surface area contributed by atoms with Gasteiger partial charge in [0.25, 0.3) is 0 Å². The Labute approximate surface area is 184 Å². The maximum Gasteiger partial charge on any atom is 0.341 e. The van der Waals surface area contributed by atoms with Gasteiger partial charge in [0.1, 0.15) is 17.2 Å². The van der Waals surface area contributed by atoms with Crippen LogP contribution in [0.1, 0.15) is 17.3 Å². The summed E-state index contributed by atoms with van der Waals surface area (Å²) < 4.78 is 44.7. The van der Waals surface area contributed by atoms with E-state index in [1.165, 1.54) is 0 Å². The molecule has 0 radical (unpaired) electrons. The van der Waals surface area contributed by atoms with Gasteiger partial charge in [-0.15, -0.1) is 0 Å². The number of nitrogens with two attached hydrogens (primary N) is 1. The molecule has 0 bridgehead atoms. The van der Waals surface area contributed by atoms with E-state index >= 15 is 0 Å². The van der Waals surface area contributed by atoms with E-state index in [0.29, 0.717) is 12.6 Å². The third-order valence-electron chi connectivity index (χ3n) is 5.62. The highest BCUT2D eigenvalue weighted by molar-refractivity contribution is 5.92. The first kappa shape index (κ1) is 22.3. The minimum atomic E-state index is -1.63. The number of carbonyl (C=O) groups excluding carboxylic acids is 1. The number of carbonyl (C=O) groups is 2. The molecule has 0 aliphatic carbocycles. The lowest BCUT2D eigenvalue weighted by Gasteiger charge is -2.20. The SMILES string of the molecule is C[C@H]1CN(c2nc3c(cc2F)c(=O)c(C(=O)O)cn3-c2cc(NC=O)c(F)cc2F)C[C@H]1N. The Kier molecular flexibility index (Phi) is 5.54. The molecule has 172 valence electrons.